The van der Waals surface area contributed by atoms with Gasteiger partial charge in [-0.05, 0) is 24.1 Å². The maximum Gasteiger partial charge on any atom is 0.234 e. The predicted octanol–water partition coefficient (Wildman–Crippen LogP) is 1.84. The predicted molar refractivity (Wildman–Crippen MR) is 86.9 cm³/mol. The number of nitrogens with zero attached hydrogens (tertiary/aromatic N) is 1. The van der Waals surface area contributed by atoms with Gasteiger partial charge in [0.1, 0.15) is 5.76 Å². The number of amides is 1. The van der Waals surface area contributed by atoms with E-state index in [4.69, 9.17) is 9.15 Å². The molecular weight excluding hydrogens is 292 g/mol. The molecule has 0 radical (unpaired) electrons. The SMILES string of the molecule is O=C(CN1CCOC(Cc2ccccc2)C1)NCc1ccco1. The molecule has 0 spiro atoms. The first-order valence-electron chi connectivity index (χ1n) is 7.96. The number of hydrogen-bond donors (Lipinski definition) is 1. The summed E-state index contributed by atoms with van der Waals surface area (Å²) in [6, 6.07) is 14.0. The van der Waals surface area contributed by atoms with Gasteiger partial charge in [0.2, 0.25) is 5.91 Å². The Kier molecular flexibility index (Phi) is 5.45. The summed E-state index contributed by atoms with van der Waals surface area (Å²) in [5.74, 6) is 0.782. The van der Waals surface area contributed by atoms with E-state index in [1.165, 1.54) is 5.56 Å². The van der Waals surface area contributed by atoms with Gasteiger partial charge < -0.3 is 14.5 Å². The van der Waals surface area contributed by atoms with E-state index in [1.807, 2.05) is 30.3 Å². The molecule has 1 atom stereocenters. The van der Waals surface area contributed by atoms with Crippen molar-refractivity contribution >= 4 is 5.91 Å². The molecule has 1 unspecified atom stereocenters. The highest BCUT2D eigenvalue weighted by molar-refractivity contribution is 5.77. The van der Waals surface area contributed by atoms with Crippen LogP contribution in [0.1, 0.15) is 11.3 Å². The lowest BCUT2D eigenvalue weighted by atomic mass is 10.1. The number of nitrogens with one attached hydrogen (secondary N) is 1. The van der Waals surface area contributed by atoms with Gasteiger partial charge in [0.25, 0.3) is 0 Å². The quantitative estimate of drug-likeness (QED) is 0.884. The van der Waals surface area contributed by atoms with E-state index < -0.39 is 0 Å². The summed E-state index contributed by atoms with van der Waals surface area (Å²) >= 11 is 0. The number of furan rings is 1. The molecular formula is C18H22N2O3. The molecule has 0 bridgehead atoms. The standard InChI is InChI=1S/C18H22N2O3/c21-18(19-12-16-7-4-9-22-16)14-20-8-10-23-17(13-20)11-15-5-2-1-3-6-15/h1-7,9,17H,8,10-14H2,(H,19,21). The van der Waals surface area contributed by atoms with Crippen LogP contribution >= 0.6 is 0 Å². The van der Waals surface area contributed by atoms with Crippen molar-refractivity contribution in [1.29, 1.82) is 0 Å². The van der Waals surface area contributed by atoms with Crippen molar-refractivity contribution < 1.29 is 13.9 Å². The Hall–Kier alpha value is -2.11. The molecule has 1 amide bonds. The summed E-state index contributed by atoms with van der Waals surface area (Å²) < 4.78 is 11.0. The van der Waals surface area contributed by atoms with Crippen molar-refractivity contribution in [2.45, 2.75) is 19.1 Å². The highest BCUT2D eigenvalue weighted by Gasteiger charge is 2.22. The number of hydrogen-bond acceptors (Lipinski definition) is 4. The number of ether oxygens (including phenoxy) is 1. The molecule has 5 nitrogen and oxygen atoms in total. The molecule has 122 valence electrons. The molecule has 1 aromatic carbocycles. The second kappa shape index (κ2) is 7.94. The van der Waals surface area contributed by atoms with Crippen LogP contribution in [0.5, 0.6) is 0 Å². The smallest absolute Gasteiger partial charge is 0.234 e. The third kappa shape index (κ3) is 4.94. The number of rotatable bonds is 6. The lowest BCUT2D eigenvalue weighted by Gasteiger charge is -2.32. The van der Waals surface area contributed by atoms with Crippen molar-refractivity contribution in [3.8, 4) is 0 Å². The van der Waals surface area contributed by atoms with E-state index in [9.17, 15) is 4.79 Å². The molecule has 2 heterocycles. The van der Waals surface area contributed by atoms with E-state index in [1.54, 1.807) is 6.26 Å². The first-order chi connectivity index (χ1) is 11.3. The molecule has 1 saturated heterocycles. The van der Waals surface area contributed by atoms with Gasteiger partial charge in [-0.3, -0.25) is 9.69 Å². The summed E-state index contributed by atoms with van der Waals surface area (Å²) in [6.45, 7) is 3.07. The zero-order valence-corrected chi connectivity index (χ0v) is 13.1. The van der Waals surface area contributed by atoms with Gasteiger partial charge in [0.15, 0.2) is 0 Å². The fourth-order valence-corrected chi connectivity index (χ4v) is 2.78. The lowest BCUT2D eigenvalue weighted by molar-refractivity contribution is -0.124. The summed E-state index contributed by atoms with van der Waals surface area (Å²) in [5.41, 5.74) is 1.27. The zero-order valence-electron chi connectivity index (χ0n) is 13.1. The van der Waals surface area contributed by atoms with Crippen LogP contribution in [-0.4, -0.2) is 43.2 Å². The van der Waals surface area contributed by atoms with E-state index in [-0.39, 0.29) is 12.0 Å². The summed E-state index contributed by atoms with van der Waals surface area (Å²) in [5, 5.41) is 2.88. The molecule has 23 heavy (non-hydrogen) atoms. The maximum atomic E-state index is 12.0. The van der Waals surface area contributed by atoms with Gasteiger partial charge in [-0.2, -0.15) is 0 Å². The lowest BCUT2D eigenvalue weighted by Crippen LogP contribution is -2.47. The van der Waals surface area contributed by atoms with Crippen molar-refractivity contribution in [2.75, 3.05) is 26.2 Å². The Balaban J connectivity index is 1.43. The molecule has 5 heteroatoms. The number of carbonyl (C=O) groups excluding carboxylic acids is 1. The molecule has 1 aromatic heterocycles. The number of morpholine rings is 1. The Morgan fingerprint density at radius 3 is 2.87 bits per heavy atom. The van der Waals surface area contributed by atoms with Crippen molar-refractivity contribution in [3.05, 3.63) is 60.1 Å². The third-order valence-corrected chi connectivity index (χ3v) is 3.94. The Morgan fingerprint density at radius 2 is 2.09 bits per heavy atom. The Morgan fingerprint density at radius 1 is 1.22 bits per heavy atom. The summed E-state index contributed by atoms with van der Waals surface area (Å²) in [6.07, 6.45) is 2.63. The minimum absolute atomic E-state index is 0.0155. The van der Waals surface area contributed by atoms with E-state index in [0.29, 0.717) is 19.7 Å². The van der Waals surface area contributed by atoms with E-state index in [2.05, 4.69) is 22.3 Å². The average Bonchev–Trinajstić information content (AvgIpc) is 3.08. The van der Waals surface area contributed by atoms with Crippen LogP contribution in [0.2, 0.25) is 0 Å². The molecule has 1 fully saturated rings. The number of benzene rings is 1. The monoisotopic (exact) mass is 314 g/mol. The molecule has 0 saturated carbocycles. The zero-order chi connectivity index (χ0) is 15.9. The largest absolute Gasteiger partial charge is 0.467 e. The van der Waals surface area contributed by atoms with Gasteiger partial charge in [-0.1, -0.05) is 30.3 Å². The fourth-order valence-electron chi connectivity index (χ4n) is 2.78. The molecule has 1 aliphatic heterocycles. The molecule has 1 aliphatic rings. The Labute approximate surface area is 136 Å². The minimum atomic E-state index is 0.0155. The van der Waals surface area contributed by atoms with Crippen LogP contribution in [0.4, 0.5) is 0 Å². The van der Waals surface area contributed by atoms with Crippen LogP contribution in [0.3, 0.4) is 0 Å². The Bertz CT molecular complexity index is 598. The summed E-state index contributed by atoms with van der Waals surface area (Å²) in [4.78, 5) is 14.2. The third-order valence-electron chi connectivity index (χ3n) is 3.94. The van der Waals surface area contributed by atoms with Crippen LogP contribution in [0, 0.1) is 0 Å². The second-order valence-electron chi connectivity index (χ2n) is 5.77. The van der Waals surface area contributed by atoms with Gasteiger partial charge in [0.05, 0.1) is 32.1 Å². The average molecular weight is 314 g/mol. The van der Waals surface area contributed by atoms with Gasteiger partial charge >= 0.3 is 0 Å². The topological polar surface area (TPSA) is 54.7 Å². The first-order valence-corrected chi connectivity index (χ1v) is 7.96. The van der Waals surface area contributed by atoms with Gasteiger partial charge in [-0.25, -0.2) is 0 Å². The molecule has 3 rings (SSSR count). The molecule has 0 aliphatic carbocycles. The fraction of sp³-hybridized carbons (Fsp3) is 0.389. The van der Waals surface area contributed by atoms with E-state index >= 15 is 0 Å². The molecule has 2 aromatic rings. The van der Waals surface area contributed by atoms with Crippen LogP contribution in [0.25, 0.3) is 0 Å². The van der Waals surface area contributed by atoms with Crippen molar-refractivity contribution in [3.63, 3.8) is 0 Å². The highest BCUT2D eigenvalue weighted by Crippen LogP contribution is 2.11. The van der Waals surface area contributed by atoms with Crippen LogP contribution in [-0.2, 0) is 22.5 Å². The summed E-state index contributed by atoms with van der Waals surface area (Å²) in [7, 11) is 0. The van der Waals surface area contributed by atoms with Gasteiger partial charge in [-0.15, -0.1) is 0 Å². The first kappa shape index (κ1) is 15.8. The van der Waals surface area contributed by atoms with Crippen molar-refractivity contribution in [2.24, 2.45) is 0 Å². The highest BCUT2D eigenvalue weighted by atomic mass is 16.5. The second-order valence-corrected chi connectivity index (χ2v) is 5.77. The maximum absolute atomic E-state index is 12.0. The van der Waals surface area contributed by atoms with Gasteiger partial charge in [0, 0.05) is 13.1 Å². The van der Waals surface area contributed by atoms with Crippen LogP contribution in [0.15, 0.2) is 53.1 Å². The number of carbonyl (C=O) groups is 1. The normalized spacial score (nSPS) is 18.7. The van der Waals surface area contributed by atoms with Crippen molar-refractivity contribution in [1.82, 2.24) is 10.2 Å². The van der Waals surface area contributed by atoms with Crippen LogP contribution < -0.4 is 5.32 Å². The molecule has 1 N–H and O–H groups in total. The van der Waals surface area contributed by atoms with E-state index in [0.717, 1.165) is 25.3 Å². The minimum Gasteiger partial charge on any atom is -0.467 e.